The number of pyridine rings is 1. The summed E-state index contributed by atoms with van der Waals surface area (Å²) in [6, 6.07) is 12.7. The summed E-state index contributed by atoms with van der Waals surface area (Å²) in [7, 11) is 1.65. The number of amides is 1. The number of imidazole rings is 1. The molecule has 0 radical (unpaired) electrons. The van der Waals surface area contributed by atoms with E-state index in [4.69, 9.17) is 9.72 Å². The van der Waals surface area contributed by atoms with Crippen molar-refractivity contribution in [3.05, 3.63) is 77.6 Å². The molecule has 1 saturated heterocycles. The van der Waals surface area contributed by atoms with Gasteiger partial charge in [-0.2, -0.15) is 0 Å². The SMILES string of the molecule is COc1ccc(-c2cnc(N3CCN(C(=O)Cn4ccccc4=O)CC3)c3nccn23)cc1. The number of piperazine rings is 1. The number of rotatable bonds is 5. The van der Waals surface area contributed by atoms with Crippen LogP contribution in [0.2, 0.25) is 0 Å². The van der Waals surface area contributed by atoms with Crippen LogP contribution in [0, 0.1) is 0 Å². The number of carbonyl (C=O) groups is 1. The van der Waals surface area contributed by atoms with E-state index in [-0.39, 0.29) is 18.0 Å². The molecule has 9 nitrogen and oxygen atoms in total. The minimum absolute atomic E-state index is 0.0545. The lowest BCUT2D eigenvalue weighted by Gasteiger charge is -2.35. The zero-order valence-corrected chi connectivity index (χ0v) is 18.3. The molecule has 1 aliphatic heterocycles. The Morgan fingerprint density at radius 1 is 1.00 bits per heavy atom. The van der Waals surface area contributed by atoms with Gasteiger partial charge in [0.25, 0.3) is 5.56 Å². The maximum atomic E-state index is 12.7. The molecule has 1 aliphatic rings. The summed E-state index contributed by atoms with van der Waals surface area (Å²) >= 11 is 0. The monoisotopic (exact) mass is 444 g/mol. The molecule has 0 N–H and O–H groups in total. The summed E-state index contributed by atoms with van der Waals surface area (Å²) < 4.78 is 8.72. The van der Waals surface area contributed by atoms with Crippen molar-refractivity contribution in [3.8, 4) is 17.0 Å². The number of aromatic nitrogens is 4. The number of methoxy groups -OCH3 is 1. The van der Waals surface area contributed by atoms with E-state index in [2.05, 4.69) is 9.88 Å². The third-order valence-corrected chi connectivity index (χ3v) is 5.93. The molecule has 168 valence electrons. The van der Waals surface area contributed by atoms with Gasteiger partial charge in [0, 0.05) is 56.4 Å². The second-order valence-electron chi connectivity index (χ2n) is 7.85. The summed E-state index contributed by atoms with van der Waals surface area (Å²) in [4.78, 5) is 37.8. The average Bonchev–Trinajstić information content (AvgIpc) is 3.35. The second-order valence-corrected chi connectivity index (χ2v) is 7.85. The highest BCUT2D eigenvalue weighted by Crippen LogP contribution is 2.27. The van der Waals surface area contributed by atoms with E-state index in [1.165, 1.54) is 10.6 Å². The first-order valence-electron chi connectivity index (χ1n) is 10.8. The quantitative estimate of drug-likeness (QED) is 0.468. The Labute approximate surface area is 190 Å². The van der Waals surface area contributed by atoms with Gasteiger partial charge in [-0.3, -0.25) is 14.0 Å². The molecule has 1 amide bonds. The number of hydrogen-bond donors (Lipinski definition) is 0. The van der Waals surface area contributed by atoms with Crippen LogP contribution in [0.25, 0.3) is 16.9 Å². The van der Waals surface area contributed by atoms with Crippen molar-refractivity contribution in [1.29, 1.82) is 0 Å². The van der Waals surface area contributed by atoms with Gasteiger partial charge in [-0.25, -0.2) is 9.97 Å². The molecule has 0 saturated carbocycles. The van der Waals surface area contributed by atoms with Crippen molar-refractivity contribution in [1.82, 2.24) is 23.8 Å². The zero-order chi connectivity index (χ0) is 22.8. The Kier molecular flexibility index (Phi) is 5.52. The number of anilines is 1. The van der Waals surface area contributed by atoms with E-state index < -0.39 is 0 Å². The molecule has 0 spiro atoms. The predicted molar refractivity (Wildman–Crippen MR) is 124 cm³/mol. The van der Waals surface area contributed by atoms with Gasteiger partial charge in [0.05, 0.1) is 19.0 Å². The van der Waals surface area contributed by atoms with Gasteiger partial charge in [-0.05, 0) is 30.3 Å². The van der Waals surface area contributed by atoms with Crippen LogP contribution in [0.1, 0.15) is 0 Å². The fourth-order valence-electron chi connectivity index (χ4n) is 4.11. The average molecular weight is 444 g/mol. The topological polar surface area (TPSA) is 85.0 Å². The molecule has 4 aromatic rings. The van der Waals surface area contributed by atoms with Crippen molar-refractivity contribution >= 4 is 17.4 Å². The number of ether oxygens (including phenoxy) is 1. The predicted octanol–water partition coefficient (Wildman–Crippen LogP) is 1.92. The first kappa shape index (κ1) is 20.7. The van der Waals surface area contributed by atoms with E-state index in [1.54, 1.807) is 36.5 Å². The van der Waals surface area contributed by atoms with Crippen LogP contribution >= 0.6 is 0 Å². The van der Waals surface area contributed by atoms with Crippen molar-refractivity contribution in [2.45, 2.75) is 6.54 Å². The molecule has 4 heterocycles. The highest BCUT2D eigenvalue weighted by molar-refractivity contribution is 5.77. The van der Waals surface area contributed by atoms with Crippen LogP contribution in [-0.2, 0) is 11.3 Å². The highest BCUT2D eigenvalue weighted by atomic mass is 16.5. The van der Waals surface area contributed by atoms with Gasteiger partial charge in [-0.1, -0.05) is 6.07 Å². The number of hydrogen-bond acceptors (Lipinski definition) is 6. The Bertz CT molecular complexity index is 1340. The van der Waals surface area contributed by atoms with E-state index >= 15 is 0 Å². The van der Waals surface area contributed by atoms with Crippen LogP contribution in [0.4, 0.5) is 5.82 Å². The molecule has 5 rings (SSSR count). The molecule has 1 aromatic carbocycles. The van der Waals surface area contributed by atoms with E-state index in [1.807, 2.05) is 41.1 Å². The highest BCUT2D eigenvalue weighted by Gasteiger charge is 2.24. The van der Waals surface area contributed by atoms with Gasteiger partial charge in [0.2, 0.25) is 5.91 Å². The summed E-state index contributed by atoms with van der Waals surface area (Å²) in [5.74, 6) is 1.54. The van der Waals surface area contributed by atoms with Crippen LogP contribution in [-0.4, -0.2) is 63.0 Å². The molecule has 0 atom stereocenters. The lowest BCUT2D eigenvalue weighted by molar-refractivity contribution is -0.132. The first-order chi connectivity index (χ1) is 16.1. The fourth-order valence-corrected chi connectivity index (χ4v) is 4.11. The zero-order valence-electron chi connectivity index (χ0n) is 18.3. The second kappa shape index (κ2) is 8.78. The smallest absolute Gasteiger partial charge is 0.250 e. The number of nitrogens with zero attached hydrogens (tertiary/aromatic N) is 6. The van der Waals surface area contributed by atoms with Gasteiger partial charge >= 0.3 is 0 Å². The minimum atomic E-state index is -0.174. The van der Waals surface area contributed by atoms with Gasteiger partial charge in [0.15, 0.2) is 11.5 Å². The lowest BCUT2D eigenvalue weighted by atomic mass is 10.1. The fraction of sp³-hybridized carbons (Fsp3) is 0.250. The molecule has 3 aromatic heterocycles. The largest absolute Gasteiger partial charge is 0.497 e. The van der Waals surface area contributed by atoms with Crippen LogP contribution in [0.5, 0.6) is 5.75 Å². The minimum Gasteiger partial charge on any atom is -0.497 e. The number of benzene rings is 1. The van der Waals surface area contributed by atoms with Gasteiger partial charge in [0.1, 0.15) is 12.3 Å². The Hall–Kier alpha value is -4.14. The number of carbonyl (C=O) groups excluding carboxylic acids is 1. The Morgan fingerprint density at radius 2 is 1.79 bits per heavy atom. The van der Waals surface area contributed by atoms with Gasteiger partial charge < -0.3 is 19.1 Å². The Balaban J connectivity index is 1.32. The molecule has 1 fully saturated rings. The molecule has 0 aliphatic carbocycles. The molecule has 0 bridgehead atoms. The van der Waals surface area contributed by atoms with Crippen molar-refractivity contribution < 1.29 is 9.53 Å². The molecule has 9 heteroatoms. The van der Waals surface area contributed by atoms with Crippen LogP contribution < -0.4 is 15.2 Å². The summed E-state index contributed by atoms with van der Waals surface area (Å²) in [6.07, 6.45) is 7.19. The van der Waals surface area contributed by atoms with Crippen molar-refractivity contribution in [3.63, 3.8) is 0 Å². The lowest BCUT2D eigenvalue weighted by Crippen LogP contribution is -2.50. The maximum absolute atomic E-state index is 12.7. The summed E-state index contributed by atoms with van der Waals surface area (Å²) in [5, 5.41) is 0. The number of fused-ring (bicyclic) bond motifs is 1. The van der Waals surface area contributed by atoms with Crippen LogP contribution in [0.3, 0.4) is 0 Å². The standard InChI is InChI=1S/C24H24N6O3/c1-33-19-7-5-18(6-8-19)20-16-26-23(24-25-9-11-30(20)24)28-14-12-27(13-15-28)22(32)17-29-10-3-2-4-21(29)31/h2-11,16H,12-15,17H2,1H3. The molecular weight excluding hydrogens is 420 g/mol. The summed E-state index contributed by atoms with van der Waals surface area (Å²) in [5.41, 5.74) is 2.56. The third kappa shape index (κ3) is 4.05. The Morgan fingerprint density at radius 3 is 2.52 bits per heavy atom. The van der Waals surface area contributed by atoms with Gasteiger partial charge in [-0.15, -0.1) is 0 Å². The van der Waals surface area contributed by atoms with Crippen LogP contribution in [0.15, 0.2) is 72.0 Å². The maximum Gasteiger partial charge on any atom is 0.250 e. The van der Waals surface area contributed by atoms with Crippen molar-refractivity contribution in [2.75, 3.05) is 38.2 Å². The molecule has 33 heavy (non-hydrogen) atoms. The van der Waals surface area contributed by atoms with E-state index in [0.717, 1.165) is 28.5 Å². The first-order valence-corrected chi connectivity index (χ1v) is 10.8. The summed E-state index contributed by atoms with van der Waals surface area (Å²) in [6.45, 7) is 2.48. The normalized spacial score (nSPS) is 14.0. The van der Waals surface area contributed by atoms with E-state index in [0.29, 0.717) is 26.2 Å². The third-order valence-electron chi connectivity index (χ3n) is 5.93. The molecular formula is C24H24N6O3. The van der Waals surface area contributed by atoms with E-state index in [9.17, 15) is 9.59 Å². The van der Waals surface area contributed by atoms with Crippen molar-refractivity contribution in [2.24, 2.45) is 0 Å². The molecule has 0 unspecified atom stereocenters.